The second-order valence-corrected chi connectivity index (χ2v) is 5.38. The van der Waals surface area contributed by atoms with E-state index in [-0.39, 0.29) is 0 Å². The maximum Gasteiger partial charge on any atom is -0.0184 e. The third kappa shape index (κ3) is 3.35. The highest BCUT2D eigenvalue weighted by atomic mass is 14.1. The molecule has 0 bridgehead atoms. The minimum Gasteiger partial charge on any atom is -0.0622 e. The van der Waals surface area contributed by atoms with Crippen molar-refractivity contribution in [2.45, 2.75) is 13.3 Å². The predicted molar refractivity (Wildman–Crippen MR) is 96.5 cm³/mol. The van der Waals surface area contributed by atoms with E-state index in [4.69, 9.17) is 0 Å². The van der Waals surface area contributed by atoms with Crippen LogP contribution in [0.2, 0.25) is 0 Å². The number of rotatable bonds is 4. The molecular formula is C22H20. The molecule has 108 valence electrons. The summed E-state index contributed by atoms with van der Waals surface area (Å²) in [5.41, 5.74) is 6.45. The quantitative estimate of drug-likeness (QED) is 0.493. The van der Waals surface area contributed by atoms with Crippen LogP contribution in [0.5, 0.6) is 0 Å². The molecule has 0 radical (unpaired) electrons. The van der Waals surface area contributed by atoms with E-state index >= 15 is 0 Å². The third-order valence-corrected chi connectivity index (χ3v) is 3.88. The van der Waals surface area contributed by atoms with Gasteiger partial charge < -0.3 is 0 Å². The van der Waals surface area contributed by atoms with E-state index in [1.807, 2.05) is 0 Å². The highest BCUT2D eigenvalue weighted by molar-refractivity contribution is 5.82. The van der Waals surface area contributed by atoms with Gasteiger partial charge in [0.05, 0.1) is 0 Å². The number of hydrogen-bond acceptors (Lipinski definition) is 0. The zero-order valence-electron chi connectivity index (χ0n) is 12.9. The summed E-state index contributed by atoms with van der Waals surface area (Å²) < 4.78 is 0. The highest BCUT2D eigenvalue weighted by Gasteiger charge is 2.01. The van der Waals surface area contributed by atoms with Gasteiger partial charge in [0, 0.05) is 0 Å². The number of hydrogen-bond donors (Lipinski definition) is 0. The molecule has 0 saturated heterocycles. The fraction of sp³-hybridized carbons (Fsp3) is 0.0909. The Morgan fingerprint density at radius 3 is 1.82 bits per heavy atom. The van der Waals surface area contributed by atoms with Crippen LogP contribution in [0.3, 0.4) is 0 Å². The van der Waals surface area contributed by atoms with Crippen LogP contribution < -0.4 is 0 Å². The van der Waals surface area contributed by atoms with Crippen molar-refractivity contribution in [3.63, 3.8) is 0 Å². The van der Waals surface area contributed by atoms with Gasteiger partial charge >= 0.3 is 0 Å². The molecule has 3 aromatic rings. The van der Waals surface area contributed by atoms with Crippen molar-refractivity contribution in [3.8, 4) is 11.1 Å². The summed E-state index contributed by atoms with van der Waals surface area (Å²) in [6.07, 6.45) is 3.30. The molecule has 3 rings (SSSR count). The van der Waals surface area contributed by atoms with E-state index in [9.17, 15) is 0 Å². The van der Waals surface area contributed by atoms with Gasteiger partial charge in [0.2, 0.25) is 0 Å². The maximum absolute atomic E-state index is 2.28. The van der Waals surface area contributed by atoms with Crippen molar-refractivity contribution in [2.75, 3.05) is 0 Å². The van der Waals surface area contributed by atoms with E-state index < -0.39 is 0 Å². The Morgan fingerprint density at radius 1 is 0.682 bits per heavy atom. The second-order valence-electron chi connectivity index (χ2n) is 5.38. The van der Waals surface area contributed by atoms with Crippen LogP contribution in [0.4, 0.5) is 0 Å². The van der Waals surface area contributed by atoms with Crippen LogP contribution in [0.15, 0.2) is 84.9 Å². The zero-order valence-corrected chi connectivity index (χ0v) is 12.9. The lowest BCUT2D eigenvalue weighted by atomic mass is 9.97. The van der Waals surface area contributed by atoms with Gasteiger partial charge in [0.1, 0.15) is 0 Å². The van der Waals surface area contributed by atoms with Crippen LogP contribution in [0.25, 0.3) is 22.8 Å². The summed E-state index contributed by atoms with van der Waals surface area (Å²) in [5.74, 6) is 0. The minimum atomic E-state index is 1.03. The van der Waals surface area contributed by atoms with Crippen molar-refractivity contribution in [2.24, 2.45) is 0 Å². The molecule has 0 N–H and O–H groups in total. The first kappa shape index (κ1) is 14.3. The van der Waals surface area contributed by atoms with E-state index in [0.29, 0.717) is 0 Å². The molecule has 0 atom stereocenters. The fourth-order valence-corrected chi connectivity index (χ4v) is 2.65. The van der Waals surface area contributed by atoms with E-state index in [2.05, 4.69) is 97.9 Å². The molecule has 0 heteroatoms. The van der Waals surface area contributed by atoms with Gasteiger partial charge in [0.15, 0.2) is 0 Å². The Morgan fingerprint density at radius 2 is 1.23 bits per heavy atom. The van der Waals surface area contributed by atoms with Crippen LogP contribution in [0, 0.1) is 0 Å². The Labute approximate surface area is 132 Å². The lowest BCUT2D eigenvalue weighted by Gasteiger charge is -2.08. The average Bonchev–Trinajstić information content (AvgIpc) is 2.61. The average molecular weight is 284 g/mol. The lowest BCUT2D eigenvalue weighted by molar-refractivity contribution is 1.25. The van der Waals surface area contributed by atoms with Gasteiger partial charge in [-0.3, -0.25) is 0 Å². The second kappa shape index (κ2) is 6.91. The molecule has 0 amide bonds. The van der Waals surface area contributed by atoms with Gasteiger partial charge in [-0.1, -0.05) is 97.9 Å². The largest absolute Gasteiger partial charge is 0.0622 e. The normalized spacial score (nSPS) is 11.4. The van der Waals surface area contributed by atoms with Crippen molar-refractivity contribution >= 4 is 11.6 Å². The standard InChI is InChI=1S/C22H20/c1-2-19(17-18-9-5-3-6-10-18)21-13-15-22(16-14-21)20-11-7-4-8-12-20/h3-17H,2H2,1H3/b19-17-. The molecule has 0 fully saturated rings. The molecule has 0 aromatic heterocycles. The Bertz CT molecular complexity index is 735. The molecular weight excluding hydrogens is 264 g/mol. The molecule has 3 aromatic carbocycles. The summed E-state index contributed by atoms with van der Waals surface area (Å²) in [7, 11) is 0. The zero-order chi connectivity index (χ0) is 15.2. The fourth-order valence-electron chi connectivity index (χ4n) is 2.65. The van der Waals surface area contributed by atoms with Crippen LogP contribution in [0.1, 0.15) is 24.5 Å². The van der Waals surface area contributed by atoms with Gasteiger partial charge in [-0.25, -0.2) is 0 Å². The van der Waals surface area contributed by atoms with E-state index in [0.717, 1.165) is 6.42 Å². The molecule has 0 saturated carbocycles. The van der Waals surface area contributed by atoms with Crippen LogP contribution >= 0.6 is 0 Å². The van der Waals surface area contributed by atoms with Crippen molar-refractivity contribution in [3.05, 3.63) is 96.1 Å². The summed E-state index contributed by atoms with van der Waals surface area (Å²) in [6, 6.07) is 29.9. The maximum atomic E-state index is 2.28. The predicted octanol–water partition coefficient (Wildman–Crippen LogP) is 6.30. The molecule has 0 aliphatic rings. The van der Waals surface area contributed by atoms with E-state index in [1.165, 1.54) is 27.8 Å². The van der Waals surface area contributed by atoms with Crippen LogP contribution in [-0.4, -0.2) is 0 Å². The summed E-state index contributed by atoms with van der Waals surface area (Å²) in [4.78, 5) is 0. The summed E-state index contributed by atoms with van der Waals surface area (Å²) >= 11 is 0. The van der Waals surface area contributed by atoms with Crippen LogP contribution in [-0.2, 0) is 0 Å². The first-order chi connectivity index (χ1) is 10.9. The number of benzene rings is 3. The SMILES string of the molecule is CC/C(=C/c1ccccc1)c1ccc(-c2ccccc2)cc1. The highest BCUT2D eigenvalue weighted by Crippen LogP contribution is 2.25. The molecule has 0 aliphatic carbocycles. The van der Waals surface area contributed by atoms with Gasteiger partial charge in [-0.2, -0.15) is 0 Å². The first-order valence-corrected chi connectivity index (χ1v) is 7.78. The molecule has 0 aliphatic heterocycles. The topological polar surface area (TPSA) is 0 Å². The molecule has 22 heavy (non-hydrogen) atoms. The third-order valence-electron chi connectivity index (χ3n) is 3.88. The molecule has 0 heterocycles. The Kier molecular flexibility index (Phi) is 4.50. The lowest BCUT2D eigenvalue weighted by Crippen LogP contribution is -1.85. The Balaban J connectivity index is 1.90. The summed E-state index contributed by atoms with van der Waals surface area (Å²) in [6.45, 7) is 2.21. The molecule has 0 spiro atoms. The van der Waals surface area contributed by atoms with Gasteiger partial charge in [-0.05, 0) is 34.2 Å². The molecule has 0 nitrogen and oxygen atoms in total. The summed E-state index contributed by atoms with van der Waals surface area (Å²) in [5, 5.41) is 0. The van der Waals surface area contributed by atoms with Gasteiger partial charge in [-0.15, -0.1) is 0 Å². The van der Waals surface area contributed by atoms with E-state index in [1.54, 1.807) is 0 Å². The van der Waals surface area contributed by atoms with Crippen molar-refractivity contribution in [1.29, 1.82) is 0 Å². The first-order valence-electron chi connectivity index (χ1n) is 7.78. The molecule has 0 unspecified atom stereocenters. The monoisotopic (exact) mass is 284 g/mol. The van der Waals surface area contributed by atoms with Gasteiger partial charge in [0.25, 0.3) is 0 Å². The van der Waals surface area contributed by atoms with Crippen molar-refractivity contribution in [1.82, 2.24) is 0 Å². The Hall–Kier alpha value is -2.60. The van der Waals surface area contributed by atoms with Crippen molar-refractivity contribution < 1.29 is 0 Å². The smallest absolute Gasteiger partial charge is 0.0184 e. The minimum absolute atomic E-state index is 1.03. The number of allylic oxidation sites excluding steroid dienone is 1.